The van der Waals surface area contributed by atoms with Crippen LogP contribution in [0.2, 0.25) is 0 Å². The lowest BCUT2D eigenvalue weighted by molar-refractivity contribution is -0.188. The molecule has 1 amide bonds. The van der Waals surface area contributed by atoms with E-state index in [4.69, 9.17) is 9.47 Å². The number of likely N-dealkylation sites (tertiary alicyclic amines) is 1. The molecule has 1 saturated heterocycles. The van der Waals surface area contributed by atoms with Gasteiger partial charge in [-0.2, -0.15) is 13.2 Å². The highest BCUT2D eigenvalue weighted by Crippen LogP contribution is 2.47. The van der Waals surface area contributed by atoms with Crippen LogP contribution in [0.25, 0.3) is 0 Å². The summed E-state index contributed by atoms with van der Waals surface area (Å²) in [5.74, 6) is -2.92. The third-order valence-electron chi connectivity index (χ3n) is 7.54. The fourth-order valence-electron chi connectivity index (χ4n) is 5.19. The highest BCUT2D eigenvalue weighted by atomic mass is 19.4. The van der Waals surface area contributed by atoms with Crippen LogP contribution in [0.4, 0.5) is 17.6 Å². The number of carbonyl (C=O) groups excluding carboxylic acids is 2. The molecule has 2 aromatic rings. The summed E-state index contributed by atoms with van der Waals surface area (Å²) in [7, 11) is 1.32. The molecule has 2 aliphatic rings. The highest BCUT2D eigenvalue weighted by molar-refractivity contribution is 5.82. The third kappa shape index (κ3) is 6.83. The predicted molar refractivity (Wildman–Crippen MR) is 132 cm³/mol. The number of hydrogen-bond donors (Lipinski definition) is 0. The Morgan fingerprint density at radius 1 is 1.05 bits per heavy atom. The zero-order valence-corrected chi connectivity index (χ0v) is 21.3. The largest absolute Gasteiger partial charge is 0.490 e. The fraction of sp³-hybridized carbons (Fsp3) is 0.500. The molecule has 206 valence electrons. The van der Waals surface area contributed by atoms with E-state index in [1.165, 1.54) is 25.3 Å². The molecular formula is C28H32F4N2O4. The number of benzene rings is 2. The third-order valence-corrected chi connectivity index (χ3v) is 7.54. The monoisotopic (exact) mass is 536 g/mol. The number of hydrogen-bond acceptors (Lipinski definition) is 5. The van der Waals surface area contributed by atoms with Gasteiger partial charge < -0.3 is 19.3 Å². The Morgan fingerprint density at radius 3 is 2.34 bits per heavy atom. The van der Waals surface area contributed by atoms with Crippen molar-refractivity contribution < 1.29 is 36.6 Å². The summed E-state index contributed by atoms with van der Waals surface area (Å²) in [5.41, 5.74) is 0.0705. The number of amides is 1. The Hall–Kier alpha value is -3.14. The molecule has 2 fully saturated rings. The summed E-state index contributed by atoms with van der Waals surface area (Å²) in [6, 6.07) is 14.5. The van der Waals surface area contributed by atoms with Crippen LogP contribution in [0.1, 0.15) is 37.2 Å². The lowest BCUT2D eigenvalue weighted by Gasteiger charge is -2.44. The number of nitrogens with zero attached hydrogens (tertiary/aromatic N) is 2. The topological polar surface area (TPSA) is 59.1 Å². The van der Waals surface area contributed by atoms with Gasteiger partial charge in [-0.15, -0.1) is 0 Å². The Kier molecular flexibility index (Phi) is 8.60. The van der Waals surface area contributed by atoms with Gasteiger partial charge in [0.15, 0.2) is 11.6 Å². The Balaban J connectivity index is 1.54. The number of ether oxygens (including phenoxy) is 2. The van der Waals surface area contributed by atoms with Gasteiger partial charge in [0.2, 0.25) is 0 Å². The van der Waals surface area contributed by atoms with Crippen molar-refractivity contribution in [3.05, 3.63) is 66.0 Å². The van der Waals surface area contributed by atoms with E-state index in [1.807, 2.05) is 35.2 Å². The number of alkyl halides is 3. The first-order valence-corrected chi connectivity index (χ1v) is 12.7. The summed E-state index contributed by atoms with van der Waals surface area (Å²) >= 11 is 0. The summed E-state index contributed by atoms with van der Waals surface area (Å²) in [6.45, 7) is 1.26. The van der Waals surface area contributed by atoms with Gasteiger partial charge in [-0.3, -0.25) is 9.59 Å². The summed E-state index contributed by atoms with van der Waals surface area (Å²) in [5, 5.41) is 0. The number of carbonyl (C=O) groups is 2. The number of para-hydroxylation sites is 1. The van der Waals surface area contributed by atoms with E-state index >= 15 is 0 Å². The van der Waals surface area contributed by atoms with Crippen LogP contribution in [-0.4, -0.2) is 73.8 Å². The van der Waals surface area contributed by atoms with E-state index in [-0.39, 0.29) is 37.2 Å². The molecule has 1 saturated carbocycles. The molecule has 0 N–H and O–H groups in total. The van der Waals surface area contributed by atoms with Crippen LogP contribution in [0.3, 0.4) is 0 Å². The number of methoxy groups -OCH3 is 1. The van der Waals surface area contributed by atoms with Gasteiger partial charge in [-0.25, -0.2) is 4.39 Å². The first-order valence-electron chi connectivity index (χ1n) is 12.7. The van der Waals surface area contributed by atoms with Gasteiger partial charge in [0.25, 0.3) is 0 Å². The van der Waals surface area contributed by atoms with Crippen molar-refractivity contribution in [1.29, 1.82) is 0 Å². The van der Waals surface area contributed by atoms with Gasteiger partial charge in [-0.05, 0) is 50.0 Å². The van der Waals surface area contributed by atoms with Gasteiger partial charge in [0.05, 0.1) is 20.1 Å². The van der Waals surface area contributed by atoms with Crippen LogP contribution in [0.15, 0.2) is 54.6 Å². The molecule has 38 heavy (non-hydrogen) atoms. The molecule has 2 aromatic carbocycles. The van der Waals surface area contributed by atoms with Gasteiger partial charge in [0, 0.05) is 30.5 Å². The molecule has 2 atom stereocenters. The fourth-order valence-corrected chi connectivity index (χ4v) is 5.19. The smallest absolute Gasteiger partial charge is 0.471 e. The second-order valence-electron chi connectivity index (χ2n) is 10.1. The van der Waals surface area contributed by atoms with Crippen LogP contribution >= 0.6 is 0 Å². The summed E-state index contributed by atoms with van der Waals surface area (Å²) in [6.07, 6.45) is -3.52. The number of rotatable bonds is 10. The van der Waals surface area contributed by atoms with Crippen LogP contribution < -0.4 is 4.74 Å². The second kappa shape index (κ2) is 11.7. The van der Waals surface area contributed by atoms with Crippen LogP contribution in [0.5, 0.6) is 5.75 Å². The summed E-state index contributed by atoms with van der Waals surface area (Å²) in [4.78, 5) is 27.2. The van der Waals surface area contributed by atoms with E-state index in [0.29, 0.717) is 38.9 Å². The minimum atomic E-state index is -5.02. The maximum Gasteiger partial charge on any atom is 0.471 e. The maximum absolute atomic E-state index is 14.3. The first-order chi connectivity index (χ1) is 18.1. The molecule has 10 heteroatoms. The van der Waals surface area contributed by atoms with Gasteiger partial charge in [0.1, 0.15) is 0 Å². The molecule has 0 spiro atoms. The lowest BCUT2D eigenvalue weighted by Crippen LogP contribution is -2.53. The van der Waals surface area contributed by atoms with Crippen molar-refractivity contribution in [2.24, 2.45) is 5.41 Å². The average Bonchev–Trinajstić information content (AvgIpc) is 3.71. The van der Waals surface area contributed by atoms with E-state index < -0.39 is 29.4 Å². The zero-order valence-electron chi connectivity index (χ0n) is 21.3. The predicted octanol–water partition coefficient (Wildman–Crippen LogP) is 4.80. The van der Waals surface area contributed by atoms with Crippen molar-refractivity contribution in [3.8, 4) is 5.75 Å². The van der Waals surface area contributed by atoms with Crippen molar-refractivity contribution >= 4 is 11.9 Å². The Morgan fingerprint density at radius 2 is 1.71 bits per heavy atom. The molecular weight excluding hydrogens is 504 g/mol. The maximum atomic E-state index is 14.3. The molecule has 6 nitrogen and oxygen atoms in total. The zero-order chi connectivity index (χ0) is 27.3. The quantitative estimate of drug-likeness (QED) is 0.323. The number of halogens is 4. The normalized spacial score (nSPS) is 21.0. The van der Waals surface area contributed by atoms with Crippen molar-refractivity contribution in [1.82, 2.24) is 9.80 Å². The first kappa shape index (κ1) is 27.9. The van der Waals surface area contributed by atoms with Crippen molar-refractivity contribution in [3.63, 3.8) is 0 Å². The van der Waals surface area contributed by atoms with E-state index in [9.17, 15) is 27.2 Å². The molecule has 0 bridgehead atoms. The molecule has 1 heterocycles. The molecule has 4 rings (SSSR count). The molecule has 0 unspecified atom stereocenters. The number of piperidine rings is 1. The van der Waals surface area contributed by atoms with Crippen LogP contribution in [-0.2, 0) is 14.3 Å². The molecule has 1 aliphatic heterocycles. The molecule has 1 aliphatic carbocycles. The minimum absolute atomic E-state index is 0.0160. The average molecular weight is 537 g/mol. The van der Waals surface area contributed by atoms with Crippen molar-refractivity contribution in [2.45, 2.75) is 43.8 Å². The van der Waals surface area contributed by atoms with Gasteiger partial charge >= 0.3 is 18.1 Å². The van der Waals surface area contributed by atoms with Crippen LogP contribution in [0, 0.1) is 11.2 Å². The number of esters is 1. The van der Waals surface area contributed by atoms with Gasteiger partial charge in [-0.1, -0.05) is 42.5 Å². The molecule has 0 radical (unpaired) electrons. The Bertz CT molecular complexity index is 1100. The highest BCUT2D eigenvalue weighted by Gasteiger charge is 2.54. The van der Waals surface area contributed by atoms with Crippen molar-refractivity contribution in [2.75, 3.05) is 39.9 Å². The summed E-state index contributed by atoms with van der Waals surface area (Å²) < 4.78 is 66.0. The second-order valence-corrected chi connectivity index (χ2v) is 10.1. The van der Waals surface area contributed by atoms with E-state index in [0.717, 1.165) is 10.5 Å². The van der Waals surface area contributed by atoms with E-state index in [2.05, 4.69) is 0 Å². The minimum Gasteiger partial charge on any atom is -0.490 e. The SMILES string of the molecule is COC(=O)CCN1CCC(COc2ccccc2F)(CN(C(=O)C(F)(F)F)[C@@H]2C[C@H]2c2ccccc2)CC1. The standard InChI is InChI=1S/C28H32F4N2O4/c1-37-25(35)11-14-33-15-12-27(13-16-33,19-38-24-10-6-5-9-22(24)29)18-34(26(36)28(30,31)32)23-17-21(23)20-7-3-2-4-8-20/h2-10,21,23H,11-19H2,1H3/t21-,23+/m0/s1. The lowest BCUT2D eigenvalue weighted by atomic mass is 9.78. The van der Waals surface area contributed by atoms with E-state index in [1.54, 1.807) is 6.07 Å². The molecule has 0 aromatic heterocycles. The Labute approximate surface area is 219 Å².